The van der Waals surface area contributed by atoms with Gasteiger partial charge in [0.25, 0.3) is 5.91 Å². The average Bonchev–Trinajstić information content (AvgIpc) is 2.68. The fourth-order valence-electron chi connectivity index (χ4n) is 2.95. The minimum Gasteiger partial charge on any atom is -0.379 e. The molecular formula is C20H22ClFN2O2. The predicted molar refractivity (Wildman–Crippen MR) is 101 cm³/mol. The summed E-state index contributed by atoms with van der Waals surface area (Å²) in [6.07, 6.45) is 0.905. The zero-order valence-corrected chi connectivity index (χ0v) is 15.3. The number of morpholine rings is 1. The highest BCUT2D eigenvalue weighted by Gasteiger charge is 2.11. The van der Waals surface area contributed by atoms with Crippen molar-refractivity contribution in [2.45, 2.75) is 6.42 Å². The maximum atomic E-state index is 13.4. The lowest BCUT2D eigenvalue weighted by Gasteiger charge is -2.26. The number of nitrogens with one attached hydrogen (secondary N) is 1. The zero-order chi connectivity index (χ0) is 18.4. The lowest BCUT2D eigenvalue weighted by molar-refractivity contribution is 0.0374. The molecule has 1 N–H and O–H groups in total. The van der Waals surface area contributed by atoms with Gasteiger partial charge in [-0.25, -0.2) is 4.39 Å². The number of amides is 1. The van der Waals surface area contributed by atoms with E-state index in [-0.39, 0.29) is 11.7 Å². The Morgan fingerprint density at radius 1 is 1.15 bits per heavy atom. The van der Waals surface area contributed by atoms with E-state index in [0.29, 0.717) is 22.7 Å². The molecule has 4 nitrogen and oxygen atoms in total. The molecule has 1 amide bonds. The summed E-state index contributed by atoms with van der Waals surface area (Å²) in [5, 5.41) is 3.41. The Morgan fingerprint density at radius 2 is 1.88 bits per heavy atom. The summed E-state index contributed by atoms with van der Waals surface area (Å²) in [7, 11) is 0. The molecule has 6 heteroatoms. The monoisotopic (exact) mass is 376 g/mol. The molecule has 0 bridgehead atoms. The fraction of sp³-hybridized carbons (Fsp3) is 0.350. The van der Waals surface area contributed by atoms with Gasteiger partial charge in [-0.2, -0.15) is 0 Å². The van der Waals surface area contributed by atoms with E-state index < -0.39 is 0 Å². The first-order valence-corrected chi connectivity index (χ1v) is 9.15. The summed E-state index contributed by atoms with van der Waals surface area (Å²) >= 11 is 6.12. The van der Waals surface area contributed by atoms with Crippen LogP contribution in [0.2, 0.25) is 5.02 Å². The first kappa shape index (κ1) is 18.8. The minimum atomic E-state index is -0.341. The lowest BCUT2D eigenvalue weighted by Crippen LogP contribution is -2.38. The molecular weight excluding hydrogens is 355 g/mol. The largest absolute Gasteiger partial charge is 0.379 e. The number of hydrogen-bond acceptors (Lipinski definition) is 3. The van der Waals surface area contributed by atoms with Crippen LogP contribution < -0.4 is 5.32 Å². The van der Waals surface area contributed by atoms with Crippen LogP contribution >= 0.6 is 11.6 Å². The third-order valence-electron chi connectivity index (χ3n) is 4.43. The Bertz CT molecular complexity index is 746. The minimum absolute atomic E-state index is 0.108. The molecule has 1 heterocycles. The highest BCUT2D eigenvalue weighted by Crippen LogP contribution is 2.28. The van der Waals surface area contributed by atoms with Gasteiger partial charge in [-0.05, 0) is 48.9 Å². The summed E-state index contributed by atoms with van der Waals surface area (Å²) in [6.45, 7) is 5.08. The van der Waals surface area contributed by atoms with Crippen molar-refractivity contribution in [3.05, 3.63) is 58.9 Å². The molecule has 0 atom stereocenters. The molecule has 0 aromatic heterocycles. The van der Waals surface area contributed by atoms with Crippen LogP contribution in [-0.4, -0.2) is 50.2 Å². The van der Waals surface area contributed by atoms with Crippen molar-refractivity contribution in [3.63, 3.8) is 0 Å². The van der Waals surface area contributed by atoms with Crippen LogP contribution in [0.4, 0.5) is 4.39 Å². The van der Waals surface area contributed by atoms with Crippen molar-refractivity contribution >= 4 is 17.5 Å². The molecule has 2 aromatic carbocycles. The molecule has 0 aliphatic carbocycles. The van der Waals surface area contributed by atoms with E-state index in [9.17, 15) is 9.18 Å². The highest BCUT2D eigenvalue weighted by molar-refractivity contribution is 6.33. The summed E-state index contributed by atoms with van der Waals surface area (Å²) in [5.74, 6) is -0.449. The van der Waals surface area contributed by atoms with Gasteiger partial charge < -0.3 is 10.1 Å². The second-order valence-corrected chi connectivity index (χ2v) is 6.67. The average molecular weight is 377 g/mol. The molecule has 26 heavy (non-hydrogen) atoms. The molecule has 0 spiro atoms. The van der Waals surface area contributed by atoms with Crippen molar-refractivity contribution in [3.8, 4) is 11.1 Å². The van der Waals surface area contributed by atoms with Crippen LogP contribution in [0.25, 0.3) is 11.1 Å². The number of nitrogens with zero attached hydrogens (tertiary/aromatic N) is 1. The number of hydrogen-bond donors (Lipinski definition) is 1. The van der Waals surface area contributed by atoms with Gasteiger partial charge in [0.15, 0.2) is 0 Å². The molecule has 1 saturated heterocycles. The van der Waals surface area contributed by atoms with Crippen molar-refractivity contribution in [2.75, 3.05) is 39.4 Å². The first-order valence-electron chi connectivity index (χ1n) is 8.77. The van der Waals surface area contributed by atoms with E-state index in [0.717, 1.165) is 44.8 Å². The Labute approximate surface area is 157 Å². The van der Waals surface area contributed by atoms with Gasteiger partial charge in [0.1, 0.15) is 5.82 Å². The third-order valence-corrected chi connectivity index (χ3v) is 4.76. The molecule has 2 aromatic rings. The smallest absolute Gasteiger partial charge is 0.251 e. The zero-order valence-electron chi connectivity index (χ0n) is 14.5. The normalized spacial score (nSPS) is 15.0. The Morgan fingerprint density at radius 3 is 2.62 bits per heavy atom. The van der Waals surface area contributed by atoms with Crippen molar-refractivity contribution in [1.29, 1.82) is 0 Å². The molecule has 0 unspecified atom stereocenters. The lowest BCUT2D eigenvalue weighted by atomic mass is 10.0. The number of halogens is 2. The first-order chi connectivity index (χ1) is 12.6. The number of ether oxygens (including phenoxy) is 1. The van der Waals surface area contributed by atoms with Gasteiger partial charge in [-0.3, -0.25) is 9.69 Å². The van der Waals surface area contributed by atoms with E-state index in [1.165, 1.54) is 18.2 Å². The standard InChI is InChI=1S/C20H22ClFN2O2/c21-19-7-6-17(22)14-18(19)15-2-4-16(5-3-15)20(25)23-8-1-9-24-10-12-26-13-11-24/h2-7,14H,1,8-13H2,(H,23,25). The fourth-order valence-corrected chi connectivity index (χ4v) is 3.18. The maximum Gasteiger partial charge on any atom is 0.251 e. The van der Waals surface area contributed by atoms with E-state index >= 15 is 0 Å². The summed E-state index contributed by atoms with van der Waals surface area (Å²) in [4.78, 5) is 14.6. The molecule has 0 saturated carbocycles. The maximum absolute atomic E-state index is 13.4. The van der Waals surface area contributed by atoms with E-state index in [1.54, 1.807) is 24.3 Å². The summed E-state index contributed by atoms with van der Waals surface area (Å²) < 4.78 is 18.7. The van der Waals surface area contributed by atoms with Crippen LogP contribution in [0.1, 0.15) is 16.8 Å². The quantitative estimate of drug-likeness (QED) is 0.783. The van der Waals surface area contributed by atoms with E-state index in [1.807, 2.05) is 0 Å². The number of rotatable bonds is 6. The SMILES string of the molecule is O=C(NCCCN1CCOCC1)c1ccc(-c2cc(F)ccc2Cl)cc1. The van der Waals surface area contributed by atoms with Crippen LogP contribution in [0.5, 0.6) is 0 Å². The van der Waals surface area contributed by atoms with Gasteiger partial charge in [-0.15, -0.1) is 0 Å². The van der Waals surface area contributed by atoms with Crippen LogP contribution in [-0.2, 0) is 4.74 Å². The number of benzene rings is 2. The Kier molecular flexibility index (Phi) is 6.61. The van der Waals surface area contributed by atoms with Crippen LogP contribution in [0.15, 0.2) is 42.5 Å². The van der Waals surface area contributed by atoms with E-state index in [2.05, 4.69) is 10.2 Å². The number of carbonyl (C=O) groups is 1. The summed E-state index contributed by atoms with van der Waals surface area (Å²) in [6, 6.07) is 11.3. The molecule has 1 fully saturated rings. The highest BCUT2D eigenvalue weighted by atomic mass is 35.5. The van der Waals surface area contributed by atoms with Gasteiger partial charge >= 0.3 is 0 Å². The second-order valence-electron chi connectivity index (χ2n) is 6.26. The topological polar surface area (TPSA) is 41.6 Å². The van der Waals surface area contributed by atoms with Crippen molar-refractivity contribution < 1.29 is 13.9 Å². The Balaban J connectivity index is 1.51. The predicted octanol–water partition coefficient (Wildman–Crippen LogP) is 3.60. The number of carbonyl (C=O) groups excluding carboxylic acids is 1. The van der Waals surface area contributed by atoms with E-state index in [4.69, 9.17) is 16.3 Å². The van der Waals surface area contributed by atoms with Crippen molar-refractivity contribution in [2.24, 2.45) is 0 Å². The summed E-state index contributed by atoms with van der Waals surface area (Å²) in [5.41, 5.74) is 1.97. The third kappa shape index (κ3) is 5.04. The molecule has 0 radical (unpaired) electrons. The molecule has 138 valence electrons. The Hall–Kier alpha value is -1.95. The van der Waals surface area contributed by atoms with Gasteiger partial charge in [-0.1, -0.05) is 23.7 Å². The van der Waals surface area contributed by atoms with Crippen molar-refractivity contribution in [1.82, 2.24) is 10.2 Å². The van der Waals surface area contributed by atoms with Gasteiger partial charge in [0.05, 0.1) is 13.2 Å². The van der Waals surface area contributed by atoms with Gasteiger partial charge in [0, 0.05) is 35.8 Å². The van der Waals surface area contributed by atoms with Crippen LogP contribution in [0, 0.1) is 5.82 Å². The van der Waals surface area contributed by atoms with Gasteiger partial charge in [0.2, 0.25) is 0 Å². The second kappa shape index (κ2) is 9.12. The molecule has 1 aliphatic rings. The van der Waals surface area contributed by atoms with Crippen LogP contribution in [0.3, 0.4) is 0 Å². The molecule has 3 rings (SSSR count). The molecule has 1 aliphatic heterocycles.